The van der Waals surface area contributed by atoms with Crippen molar-refractivity contribution in [1.29, 1.82) is 0 Å². The van der Waals surface area contributed by atoms with E-state index in [1.54, 1.807) is 48.5 Å². The van der Waals surface area contributed by atoms with Gasteiger partial charge in [0.2, 0.25) is 5.91 Å². The van der Waals surface area contributed by atoms with Gasteiger partial charge in [-0.2, -0.15) is 0 Å². The zero-order chi connectivity index (χ0) is 21.0. The molecule has 29 heavy (non-hydrogen) atoms. The zero-order valence-corrected chi connectivity index (χ0v) is 17.9. The van der Waals surface area contributed by atoms with Gasteiger partial charge in [-0.05, 0) is 36.4 Å². The zero-order valence-electron chi connectivity index (χ0n) is 14.8. The summed E-state index contributed by atoms with van der Waals surface area (Å²) < 4.78 is 27.5. The van der Waals surface area contributed by atoms with Crippen LogP contribution in [-0.2, 0) is 14.8 Å². The van der Waals surface area contributed by atoms with Crippen LogP contribution >= 0.6 is 34.8 Å². The van der Waals surface area contributed by atoms with Crippen LogP contribution in [0.1, 0.15) is 0 Å². The molecule has 0 aliphatic carbocycles. The fraction of sp³-hybridized carbons (Fsp3) is 0.0500. The molecule has 3 aromatic carbocycles. The lowest BCUT2D eigenvalue weighted by molar-refractivity contribution is -0.114. The van der Waals surface area contributed by atoms with Crippen molar-refractivity contribution < 1.29 is 13.2 Å². The van der Waals surface area contributed by atoms with Crippen LogP contribution in [0.25, 0.3) is 0 Å². The van der Waals surface area contributed by atoms with Crippen LogP contribution in [0.5, 0.6) is 0 Å². The molecular formula is C20H15Cl3N2O3S. The van der Waals surface area contributed by atoms with Crippen molar-refractivity contribution in [1.82, 2.24) is 0 Å². The summed E-state index contributed by atoms with van der Waals surface area (Å²) in [6.07, 6.45) is 0. The van der Waals surface area contributed by atoms with Crippen LogP contribution in [0.15, 0.2) is 77.7 Å². The van der Waals surface area contributed by atoms with Crippen LogP contribution in [0.4, 0.5) is 11.4 Å². The van der Waals surface area contributed by atoms with E-state index >= 15 is 0 Å². The lowest BCUT2D eigenvalue weighted by atomic mass is 10.3. The molecule has 3 aromatic rings. The Labute approximate surface area is 183 Å². The molecule has 0 aliphatic rings. The second-order valence-electron chi connectivity index (χ2n) is 5.93. The third kappa shape index (κ3) is 4.85. The minimum absolute atomic E-state index is 0.0154. The average molecular weight is 470 g/mol. The third-order valence-electron chi connectivity index (χ3n) is 3.97. The van der Waals surface area contributed by atoms with Gasteiger partial charge in [0.25, 0.3) is 10.0 Å². The molecule has 0 heterocycles. The predicted molar refractivity (Wildman–Crippen MR) is 118 cm³/mol. The highest BCUT2D eigenvalue weighted by molar-refractivity contribution is 7.92. The number of rotatable bonds is 6. The molecule has 0 fully saturated rings. The number of anilines is 2. The highest BCUT2D eigenvalue weighted by Gasteiger charge is 2.29. The molecule has 0 spiro atoms. The molecule has 0 bridgehead atoms. The number of amides is 1. The summed E-state index contributed by atoms with van der Waals surface area (Å²) in [4.78, 5) is 12.7. The SMILES string of the molecule is O=C(CN(c1cccc(Cl)c1Cl)S(=O)(=O)c1ccccc1)Nc1ccccc1Cl. The number of benzene rings is 3. The Morgan fingerprint density at radius 2 is 1.45 bits per heavy atom. The molecule has 0 saturated carbocycles. The molecule has 1 N–H and O–H groups in total. The van der Waals surface area contributed by atoms with Crippen LogP contribution in [-0.4, -0.2) is 20.9 Å². The molecule has 0 aromatic heterocycles. The van der Waals surface area contributed by atoms with Crippen molar-refractivity contribution in [3.05, 3.63) is 87.9 Å². The minimum atomic E-state index is -4.09. The maximum absolute atomic E-state index is 13.3. The first-order valence-electron chi connectivity index (χ1n) is 8.37. The van der Waals surface area contributed by atoms with Crippen molar-refractivity contribution in [3.8, 4) is 0 Å². The molecule has 0 unspecified atom stereocenters. The molecule has 0 saturated heterocycles. The average Bonchev–Trinajstić information content (AvgIpc) is 2.71. The summed E-state index contributed by atoms with van der Waals surface area (Å²) in [7, 11) is -4.09. The number of halogens is 3. The van der Waals surface area contributed by atoms with Crippen molar-refractivity contribution in [2.45, 2.75) is 4.90 Å². The van der Waals surface area contributed by atoms with Gasteiger partial charge in [0.1, 0.15) is 6.54 Å². The highest BCUT2D eigenvalue weighted by Crippen LogP contribution is 2.35. The number of carbonyl (C=O) groups is 1. The largest absolute Gasteiger partial charge is 0.323 e. The first-order valence-corrected chi connectivity index (χ1v) is 10.9. The molecule has 3 rings (SSSR count). The molecule has 0 atom stereocenters. The first kappa shape index (κ1) is 21.5. The van der Waals surface area contributed by atoms with E-state index < -0.39 is 22.5 Å². The smallest absolute Gasteiger partial charge is 0.264 e. The number of carbonyl (C=O) groups excluding carboxylic acids is 1. The normalized spacial score (nSPS) is 11.1. The maximum Gasteiger partial charge on any atom is 0.264 e. The van der Waals surface area contributed by atoms with E-state index in [0.717, 1.165) is 4.31 Å². The molecular weight excluding hydrogens is 455 g/mol. The molecule has 0 aliphatic heterocycles. The highest BCUT2D eigenvalue weighted by atomic mass is 35.5. The van der Waals surface area contributed by atoms with E-state index in [2.05, 4.69) is 5.32 Å². The number of para-hydroxylation sites is 1. The van der Waals surface area contributed by atoms with Gasteiger partial charge in [-0.3, -0.25) is 9.10 Å². The quantitative estimate of drug-likeness (QED) is 0.520. The first-order chi connectivity index (χ1) is 13.8. The standard InChI is InChI=1S/C20H15Cl3N2O3S/c21-15-9-4-5-11-17(15)24-19(26)13-25(18-12-6-10-16(22)20(18)23)29(27,28)14-7-2-1-3-8-14/h1-12H,13H2,(H,24,26). The van der Waals surface area contributed by atoms with Gasteiger partial charge in [0, 0.05) is 0 Å². The molecule has 1 amide bonds. The topological polar surface area (TPSA) is 66.5 Å². The van der Waals surface area contributed by atoms with E-state index in [1.807, 2.05) is 0 Å². The van der Waals surface area contributed by atoms with Gasteiger partial charge in [0.05, 0.1) is 31.3 Å². The Bertz CT molecular complexity index is 1140. The van der Waals surface area contributed by atoms with Crippen molar-refractivity contribution in [2.24, 2.45) is 0 Å². The predicted octanol–water partition coefficient (Wildman–Crippen LogP) is 5.48. The van der Waals surface area contributed by atoms with Crippen LogP contribution in [0, 0.1) is 0 Å². The van der Waals surface area contributed by atoms with Gasteiger partial charge in [-0.1, -0.05) is 71.2 Å². The Hall–Kier alpha value is -2.25. The number of nitrogens with one attached hydrogen (secondary N) is 1. The monoisotopic (exact) mass is 468 g/mol. The second-order valence-corrected chi connectivity index (χ2v) is 8.98. The fourth-order valence-corrected chi connectivity index (χ4v) is 4.67. The van der Waals surface area contributed by atoms with Crippen LogP contribution in [0.2, 0.25) is 15.1 Å². The molecule has 5 nitrogen and oxygen atoms in total. The summed E-state index contributed by atoms with van der Waals surface area (Å²) in [5.41, 5.74) is 0.464. The summed E-state index contributed by atoms with van der Waals surface area (Å²) in [6.45, 7) is -0.525. The second kappa shape index (κ2) is 9.05. The summed E-state index contributed by atoms with van der Waals surface area (Å²) in [6, 6.07) is 19.0. The van der Waals surface area contributed by atoms with Crippen molar-refractivity contribution in [2.75, 3.05) is 16.2 Å². The van der Waals surface area contributed by atoms with E-state index in [9.17, 15) is 13.2 Å². The number of sulfonamides is 1. The van der Waals surface area contributed by atoms with E-state index in [-0.39, 0.29) is 20.6 Å². The van der Waals surface area contributed by atoms with Crippen LogP contribution in [0.3, 0.4) is 0 Å². The summed E-state index contributed by atoms with van der Waals surface area (Å²) in [5.74, 6) is -0.589. The van der Waals surface area contributed by atoms with Gasteiger partial charge < -0.3 is 5.32 Å². The lowest BCUT2D eigenvalue weighted by Gasteiger charge is -2.25. The van der Waals surface area contributed by atoms with E-state index in [0.29, 0.717) is 10.7 Å². The summed E-state index contributed by atoms with van der Waals surface area (Å²) >= 11 is 18.4. The minimum Gasteiger partial charge on any atom is -0.323 e. The summed E-state index contributed by atoms with van der Waals surface area (Å²) in [5, 5.41) is 3.14. The van der Waals surface area contributed by atoms with E-state index in [4.69, 9.17) is 34.8 Å². The number of nitrogens with zero attached hydrogens (tertiary/aromatic N) is 1. The lowest BCUT2D eigenvalue weighted by Crippen LogP contribution is -2.38. The Morgan fingerprint density at radius 3 is 2.14 bits per heavy atom. The Morgan fingerprint density at radius 1 is 0.828 bits per heavy atom. The van der Waals surface area contributed by atoms with Crippen molar-refractivity contribution in [3.63, 3.8) is 0 Å². The molecule has 0 radical (unpaired) electrons. The molecule has 9 heteroatoms. The molecule has 150 valence electrons. The van der Waals surface area contributed by atoms with E-state index in [1.165, 1.54) is 24.3 Å². The fourth-order valence-electron chi connectivity index (χ4n) is 2.59. The number of hydrogen-bond donors (Lipinski definition) is 1. The van der Waals surface area contributed by atoms with Gasteiger partial charge in [0.15, 0.2) is 0 Å². The van der Waals surface area contributed by atoms with Crippen LogP contribution < -0.4 is 9.62 Å². The Kier molecular flexibility index (Phi) is 6.70. The third-order valence-corrected chi connectivity index (χ3v) is 6.88. The Balaban J connectivity index is 2.01. The van der Waals surface area contributed by atoms with Gasteiger partial charge >= 0.3 is 0 Å². The van der Waals surface area contributed by atoms with Crippen molar-refractivity contribution >= 4 is 62.1 Å². The van der Waals surface area contributed by atoms with Gasteiger partial charge in [-0.15, -0.1) is 0 Å². The number of hydrogen-bond acceptors (Lipinski definition) is 3. The van der Waals surface area contributed by atoms with Gasteiger partial charge in [-0.25, -0.2) is 8.42 Å². The maximum atomic E-state index is 13.3.